The number of fused-ring (bicyclic) bond motifs is 1. The highest BCUT2D eigenvalue weighted by Crippen LogP contribution is 2.23. The fourth-order valence-electron chi connectivity index (χ4n) is 3.48. The molecule has 1 amide bonds. The van der Waals surface area contributed by atoms with Crippen LogP contribution in [-0.2, 0) is 6.42 Å². The Bertz CT molecular complexity index is 924. The molecular weight excluding hydrogens is 312 g/mol. The van der Waals surface area contributed by atoms with Crippen molar-refractivity contribution >= 4 is 16.8 Å². The van der Waals surface area contributed by atoms with Crippen LogP contribution in [0.2, 0.25) is 0 Å². The molecule has 3 aromatic rings. The first-order valence-corrected chi connectivity index (χ1v) is 8.61. The fraction of sp³-hybridized carbons (Fsp3) is 0.300. The van der Waals surface area contributed by atoms with Gasteiger partial charge in [0.15, 0.2) is 0 Å². The van der Waals surface area contributed by atoms with Gasteiger partial charge >= 0.3 is 0 Å². The first-order valence-electron chi connectivity index (χ1n) is 8.61. The topological polar surface area (TPSA) is 59.0 Å². The van der Waals surface area contributed by atoms with Crippen LogP contribution in [0.25, 0.3) is 10.9 Å². The summed E-state index contributed by atoms with van der Waals surface area (Å²) in [7, 11) is 0. The van der Waals surface area contributed by atoms with E-state index in [1.807, 2.05) is 29.3 Å². The minimum absolute atomic E-state index is 0.00429. The molecule has 1 aliphatic heterocycles. The molecule has 0 bridgehead atoms. The summed E-state index contributed by atoms with van der Waals surface area (Å²) in [5.74, 6) is 1.10. The van der Waals surface area contributed by atoms with Gasteiger partial charge in [-0.3, -0.25) is 9.78 Å². The summed E-state index contributed by atoms with van der Waals surface area (Å²) >= 11 is 0. The lowest BCUT2D eigenvalue weighted by molar-refractivity contribution is 0.0781. The lowest BCUT2D eigenvalue weighted by atomic mass is 9.99. The molecule has 0 aliphatic carbocycles. The highest BCUT2D eigenvalue weighted by Gasteiger charge is 2.27. The lowest BCUT2D eigenvalue weighted by Crippen LogP contribution is -2.29. The second-order valence-corrected chi connectivity index (χ2v) is 6.64. The highest BCUT2D eigenvalue weighted by atomic mass is 16.2. The number of aryl methyl sites for hydroxylation is 1. The third kappa shape index (κ3) is 3.36. The van der Waals surface area contributed by atoms with Crippen molar-refractivity contribution in [3.8, 4) is 0 Å². The number of carbonyl (C=O) groups is 1. The zero-order valence-corrected chi connectivity index (χ0v) is 14.2. The number of aromatic nitrogens is 3. The molecule has 1 fully saturated rings. The first-order chi connectivity index (χ1) is 12.2. The summed E-state index contributed by atoms with van der Waals surface area (Å²) in [5.41, 5.74) is 2.74. The van der Waals surface area contributed by atoms with E-state index in [-0.39, 0.29) is 5.91 Å². The standard InChI is InChI=1S/C20H20N4O/c1-14-21-8-6-19(23-14)20(25)24-9-7-15(13-24)10-16-11-17-4-2-3-5-18(17)22-12-16/h2-6,8,11-12,15H,7,9-10,13H2,1H3/t15-/m1/s1. The number of hydrogen-bond donors (Lipinski definition) is 0. The minimum atomic E-state index is 0.00429. The van der Waals surface area contributed by atoms with Gasteiger partial charge in [-0.1, -0.05) is 18.2 Å². The van der Waals surface area contributed by atoms with Crippen LogP contribution in [0.1, 0.15) is 28.3 Å². The van der Waals surface area contributed by atoms with Gasteiger partial charge in [0.2, 0.25) is 0 Å². The Balaban J connectivity index is 1.44. The molecule has 0 spiro atoms. The second kappa shape index (κ2) is 6.59. The van der Waals surface area contributed by atoms with Gasteiger partial charge in [-0.05, 0) is 49.4 Å². The van der Waals surface area contributed by atoms with Crippen molar-refractivity contribution in [3.05, 3.63) is 65.9 Å². The summed E-state index contributed by atoms with van der Waals surface area (Å²) in [6, 6.07) is 12.1. The molecule has 0 radical (unpaired) electrons. The van der Waals surface area contributed by atoms with Crippen molar-refractivity contribution in [1.82, 2.24) is 19.9 Å². The van der Waals surface area contributed by atoms with Crippen LogP contribution >= 0.6 is 0 Å². The number of rotatable bonds is 3. The molecule has 5 nitrogen and oxygen atoms in total. The number of amides is 1. The summed E-state index contributed by atoms with van der Waals surface area (Å²) in [4.78, 5) is 27.3. The molecule has 126 valence electrons. The molecule has 0 unspecified atom stereocenters. The third-order valence-electron chi connectivity index (χ3n) is 4.74. The molecule has 0 saturated carbocycles. The zero-order chi connectivity index (χ0) is 17.2. The largest absolute Gasteiger partial charge is 0.337 e. The van der Waals surface area contributed by atoms with E-state index in [0.29, 0.717) is 17.4 Å². The number of nitrogens with zero attached hydrogens (tertiary/aromatic N) is 4. The van der Waals surface area contributed by atoms with Gasteiger partial charge in [-0.2, -0.15) is 0 Å². The van der Waals surface area contributed by atoms with Gasteiger partial charge in [0.25, 0.3) is 5.91 Å². The smallest absolute Gasteiger partial charge is 0.272 e. The molecule has 2 aromatic heterocycles. The molecule has 1 aliphatic rings. The Hall–Kier alpha value is -2.82. The van der Waals surface area contributed by atoms with Crippen LogP contribution in [0.3, 0.4) is 0 Å². The SMILES string of the molecule is Cc1nccc(C(=O)N2CC[C@H](Cc3cnc4ccccc4c3)C2)n1. The zero-order valence-electron chi connectivity index (χ0n) is 14.2. The van der Waals surface area contributed by atoms with Crippen molar-refractivity contribution in [3.63, 3.8) is 0 Å². The van der Waals surface area contributed by atoms with Gasteiger partial charge < -0.3 is 4.90 Å². The van der Waals surface area contributed by atoms with Gasteiger partial charge in [0, 0.05) is 30.9 Å². The third-order valence-corrected chi connectivity index (χ3v) is 4.74. The number of likely N-dealkylation sites (tertiary alicyclic amines) is 1. The molecule has 0 N–H and O–H groups in total. The second-order valence-electron chi connectivity index (χ2n) is 6.64. The Morgan fingerprint density at radius 2 is 2.12 bits per heavy atom. The summed E-state index contributed by atoms with van der Waals surface area (Å²) < 4.78 is 0. The van der Waals surface area contributed by atoms with Gasteiger partial charge in [-0.25, -0.2) is 9.97 Å². The van der Waals surface area contributed by atoms with E-state index < -0.39 is 0 Å². The van der Waals surface area contributed by atoms with E-state index in [2.05, 4.69) is 27.1 Å². The number of para-hydroxylation sites is 1. The quantitative estimate of drug-likeness (QED) is 0.740. The minimum Gasteiger partial charge on any atom is -0.337 e. The van der Waals surface area contributed by atoms with E-state index >= 15 is 0 Å². The molecule has 1 atom stereocenters. The molecule has 5 heteroatoms. The monoisotopic (exact) mass is 332 g/mol. The van der Waals surface area contributed by atoms with Gasteiger partial charge in [0.1, 0.15) is 11.5 Å². The highest BCUT2D eigenvalue weighted by molar-refractivity contribution is 5.92. The van der Waals surface area contributed by atoms with Crippen LogP contribution in [-0.4, -0.2) is 38.8 Å². The van der Waals surface area contributed by atoms with Crippen molar-refractivity contribution in [2.45, 2.75) is 19.8 Å². The average Bonchev–Trinajstić information content (AvgIpc) is 3.09. The number of hydrogen-bond acceptors (Lipinski definition) is 4. The number of benzene rings is 1. The molecule has 1 saturated heterocycles. The molecule has 25 heavy (non-hydrogen) atoms. The van der Waals surface area contributed by atoms with E-state index in [1.165, 1.54) is 10.9 Å². The summed E-state index contributed by atoms with van der Waals surface area (Å²) in [6.07, 6.45) is 5.57. The number of pyridine rings is 1. The fourth-order valence-corrected chi connectivity index (χ4v) is 3.48. The van der Waals surface area contributed by atoms with Crippen molar-refractivity contribution < 1.29 is 4.79 Å². The maximum absolute atomic E-state index is 12.6. The molecule has 4 rings (SSSR count). The van der Waals surface area contributed by atoms with E-state index in [4.69, 9.17) is 0 Å². The maximum atomic E-state index is 12.6. The lowest BCUT2D eigenvalue weighted by Gasteiger charge is -2.16. The van der Waals surface area contributed by atoms with Crippen molar-refractivity contribution in [2.75, 3.05) is 13.1 Å². The van der Waals surface area contributed by atoms with Gasteiger partial charge in [-0.15, -0.1) is 0 Å². The Morgan fingerprint density at radius 3 is 3.00 bits per heavy atom. The predicted octanol–water partition coefficient (Wildman–Crippen LogP) is 3.04. The van der Waals surface area contributed by atoms with Crippen molar-refractivity contribution in [2.24, 2.45) is 5.92 Å². The molecule has 1 aromatic carbocycles. The normalized spacial score (nSPS) is 17.2. The van der Waals surface area contributed by atoms with Crippen LogP contribution < -0.4 is 0 Å². The Morgan fingerprint density at radius 1 is 1.24 bits per heavy atom. The maximum Gasteiger partial charge on any atom is 0.272 e. The van der Waals surface area contributed by atoms with E-state index in [1.54, 1.807) is 19.2 Å². The van der Waals surface area contributed by atoms with Crippen LogP contribution in [0, 0.1) is 12.8 Å². The Kier molecular flexibility index (Phi) is 4.14. The average molecular weight is 332 g/mol. The molecule has 3 heterocycles. The van der Waals surface area contributed by atoms with Gasteiger partial charge in [0.05, 0.1) is 5.52 Å². The Labute approximate surface area is 146 Å². The summed E-state index contributed by atoms with van der Waals surface area (Å²) in [6.45, 7) is 3.36. The van der Waals surface area contributed by atoms with Crippen LogP contribution in [0.15, 0.2) is 48.8 Å². The van der Waals surface area contributed by atoms with E-state index in [0.717, 1.165) is 31.4 Å². The van der Waals surface area contributed by atoms with Crippen LogP contribution in [0.5, 0.6) is 0 Å². The van der Waals surface area contributed by atoms with E-state index in [9.17, 15) is 4.79 Å². The predicted molar refractivity (Wildman–Crippen MR) is 96.2 cm³/mol. The summed E-state index contributed by atoms with van der Waals surface area (Å²) in [5, 5.41) is 1.17. The molecular formula is C20H20N4O. The van der Waals surface area contributed by atoms with Crippen molar-refractivity contribution in [1.29, 1.82) is 0 Å². The number of carbonyl (C=O) groups excluding carboxylic acids is 1. The first kappa shape index (κ1) is 15.7. The van der Waals surface area contributed by atoms with Crippen LogP contribution in [0.4, 0.5) is 0 Å².